The van der Waals surface area contributed by atoms with Gasteiger partial charge in [-0.1, -0.05) is 29.8 Å². The van der Waals surface area contributed by atoms with E-state index >= 15 is 0 Å². The van der Waals surface area contributed by atoms with E-state index in [4.69, 9.17) is 16.3 Å². The Hall–Kier alpha value is -2.09. The number of anilines is 1. The maximum absolute atomic E-state index is 13.4. The number of sulfonamides is 1. The first-order valence-corrected chi connectivity index (χ1v) is 11.9. The van der Waals surface area contributed by atoms with Crippen molar-refractivity contribution in [2.24, 2.45) is 5.92 Å². The second-order valence-electron chi connectivity index (χ2n) is 7.89. The monoisotopic (exact) mass is 448 g/mol. The number of carbonyl (C=O) groups excluding carboxylic acids is 1. The smallest absolute Gasteiger partial charge is 0.243 e. The number of para-hydroxylation sites is 1. The van der Waals surface area contributed by atoms with Crippen molar-refractivity contribution in [1.82, 2.24) is 4.31 Å². The zero-order valence-electron chi connectivity index (χ0n) is 17.0. The Morgan fingerprint density at radius 3 is 2.70 bits per heavy atom. The van der Waals surface area contributed by atoms with Gasteiger partial charge in [-0.2, -0.15) is 4.31 Å². The van der Waals surface area contributed by atoms with Crippen molar-refractivity contribution in [1.29, 1.82) is 0 Å². The van der Waals surface area contributed by atoms with Crippen LogP contribution in [0.15, 0.2) is 47.4 Å². The van der Waals surface area contributed by atoms with Crippen LogP contribution in [0.5, 0.6) is 5.75 Å². The predicted octanol–water partition coefficient (Wildman–Crippen LogP) is 3.73. The van der Waals surface area contributed by atoms with Gasteiger partial charge in [0.05, 0.1) is 22.9 Å². The third-order valence-electron chi connectivity index (χ3n) is 5.94. The van der Waals surface area contributed by atoms with Crippen molar-refractivity contribution in [2.45, 2.75) is 37.1 Å². The molecular formula is C22H25ClN2O4S. The van der Waals surface area contributed by atoms with Gasteiger partial charge in [-0.05, 0) is 56.0 Å². The van der Waals surface area contributed by atoms with Crippen molar-refractivity contribution in [3.05, 3.63) is 53.1 Å². The highest BCUT2D eigenvalue weighted by Gasteiger charge is 2.39. The summed E-state index contributed by atoms with van der Waals surface area (Å²) in [6, 6.07) is 12.4. The first-order chi connectivity index (χ1) is 14.3. The highest BCUT2D eigenvalue weighted by Crippen LogP contribution is 2.35. The lowest BCUT2D eigenvalue weighted by Gasteiger charge is -2.34. The molecule has 1 fully saturated rings. The molecule has 1 amide bonds. The second-order valence-corrected chi connectivity index (χ2v) is 10.2. The van der Waals surface area contributed by atoms with Gasteiger partial charge >= 0.3 is 0 Å². The lowest BCUT2D eigenvalue weighted by Crippen LogP contribution is -2.48. The number of piperidine rings is 1. The Kier molecular flexibility index (Phi) is 5.79. The summed E-state index contributed by atoms with van der Waals surface area (Å²) in [4.78, 5) is 15.3. The van der Waals surface area contributed by atoms with Gasteiger partial charge < -0.3 is 9.64 Å². The number of rotatable bonds is 4. The predicted molar refractivity (Wildman–Crippen MR) is 117 cm³/mol. The van der Waals surface area contributed by atoms with E-state index in [1.807, 2.05) is 36.1 Å². The average Bonchev–Trinajstić information content (AvgIpc) is 3.08. The maximum atomic E-state index is 13.4. The standard InChI is InChI=1S/C22H25ClN2O4S/c1-15-12-16-6-3-4-8-20(16)25(15)22(26)17-7-5-11-24(14-17)30(27,28)18-9-10-21(29-2)19(23)13-18/h3-4,6,8-10,13,15,17H,5,7,11-12,14H2,1-2H3/t15-,17-/m1/s1. The summed E-state index contributed by atoms with van der Waals surface area (Å²) in [5.74, 6) is 0.0555. The molecule has 0 unspecified atom stereocenters. The molecule has 2 atom stereocenters. The number of hydrogen-bond donors (Lipinski definition) is 0. The van der Waals surface area contributed by atoms with Gasteiger partial charge in [-0.15, -0.1) is 0 Å². The van der Waals surface area contributed by atoms with Crippen LogP contribution in [0.2, 0.25) is 5.02 Å². The maximum Gasteiger partial charge on any atom is 0.243 e. The normalized spacial score (nSPS) is 22.0. The molecule has 0 radical (unpaired) electrons. The second kappa shape index (κ2) is 8.21. The lowest BCUT2D eigenvalue weighted by molar-refractivity contribution is -0.123. The fourth-order valence-corrected chi connectivity index (χ4v) is 6.29. The molecule has 2 aromatic carbocycles. The minimum absolute atomic E-state index is 0.000105. The number of ether oxygens (including phenoxy) is 1. The van der Waals surface area contributed by atoms with Crippen LogP contribution in [0, 0.1) is 5.92 Å². The van der Waals surface area contributed by atoms with Crippen LogP contribution < -0.4 is 9.64 Å². The summed E-state index contributed by atoms with van der Waals surface area (Å²) >= 11 is 6.13. The van der Waals surface area contributed by atoms with E-state index in [2.05, 4.69) is 0 Å². The highest BCUT2D eigenvalue weighted by molar-refractivity contribution is 7.89. The number of carbonyl (C=O) groups is 1. The Balaban J connectivity index is 1.56. The molecule has 2 aromatic rings. The zero-order valence-corrected chi connectivity index (χ0v) is 18.6. The van der Waals surface area contributed by atoms with Gasteiger partial charge in [0, 0.05) is 24.8 Å². The number of halogens is 1. The van der Waals surface area contributed by atoms with E-state index in [9.17, 15) is 13.2 Å². The fraction of sp³-hybridized carbons (Fsp3) is 0.409. The van der Waals surface area contributed by atoms with Crippen molar-refractivity contribution in [3.63, 3.8) is 0 Å². The fourth-order valence-electron chi connectivity index (χ4n) is 4.42. The minimum Gasteiger partial charge on any atom is -0.495 e. The van der Waals surface area contributed by atoms with Gasteiger partial charge in [0.2, 0.25) is 15.9 Å². The lowest BCUT2D eigenvalue weighted by atomic mass is 9.97. The topological polar surface area (TPSA) is 66.9 Å². The van der Waals surface area contributed by atoms with Crippen molar-refractivity contribution in [2.75, 3.05) is 25.1 Å². The van der Waals surface area contributed by atoms with Crippen LogP contribution >= 0.6 is 11.6 Å². The van der Waals surface area contributed by atoms with Crippen LogP contribution in [0.4, 0.5) is 5.69 Å². The van der Waals surface area contributed by atoms with E-state index in [1.165, 1.54) is 23.5 Å². The number of hydrogen-bond acceptors (Lipinski definition) is 4. The molecule has 1 saturated heterocycles. The minimum atomic E-state index is -3.75. The van der Waals surface area contributed by atoms with Gasteiger partial charge in [0.25, 0.3) is 0 Å². The van der Waals surface area contributed by atoms with Crippen molar-refractivity contribution >= 4 is 33.2 Å². The molecule has 160 valence electrons. The number of amides is 1. The van der Waals surface area contributed by atoms with E-state index in [0.29, 0.717) is 25.1 Å². The molecule has 0 aromatic heterocycles. The summed E-state index contributed by atoms with van der Waals surface area (Å²) < 4.78 is 32.9. The molecule has 2 heterocycles. The summed E-state index contributed by atoms with van der Waals surface area (Å²) in [6.07, 6.45) is 2.14. The van der Waals surface area contributed by atoms with Crippen LogP contribution in [0.1, 0.15) is 25.3 Å². The van der Waals surface area contributed by atoms with E-state index in [-0.39, 0.29) is 34.3 Å². The van der Waals surface area contributed by atoms with E-state index < -0.39 is 10.0 Å². The van der Waals surface area contributed by atoms with Crippen molar-refractivity contribution < 1.29 is 17.9 Å². The summed E-state index contributed by atoms with van der Waals surface area (Å²) in [7, 11) is -2.27. The van der Waals surface area contributed by atoms with Gasteiger partial charge in [-0.3, -0.25) is 4.79 Å². The van der Waals surface area contributed by atoms with Crippen LogP contribution in [-0.2, 0) is 21.2 Å². The molecule has 0 bridgehead atoms. The first kappa shape index (κ1) is 21.2. The van der Waals surface area contributed by atoms with E-state index in [1.54, 1.807) is 6.07 Å². The largest absolute Gasteiger partial charge is 0.495 e. The van der Waals surface area contributed by atoms with E-state index in [0.717, 1.165) is 17.7 Å². The number of benzene rings is 2. The van der Waals surface area contributed by atoms with Gasteiger partial charge in [0.15, 0.2) is 0 Å². The molecule has 2 aliphatic heterocycles. The Morgan fingerprint density at radius 1 is 1.20 bits per heavy atom. The zero-order chi connectivity index (χ0) is 21.5. The Labute approximate surface area is 182 Å². The summed E-state index contributed by atoms with van der Waals surface area (Å²) in [6.45, 7) is 2.60. The summed E-state index contributed by atoms with van der Waals surface area (Å²) in [5, 5.41) is 0.241. The van der Waals surface area contributed by atoms with Gasteiger partial charge in [-0.25, -0.2) is 8.42 Å². The van der Waals surface area contributed by atoms with Crippen LogP contribution in [0.3, 0.4) is 0 Å². The van der Waals surface area contributed by atoms with Crippen LogP contribution in [0.25, 0.3) is 0 Å². The molecule has 0 N–H and O–H groups in total. The molecule has 8 heteroatoms. The average molecular weight is 449 g/mol. The SMILES string of the molecule is COc1ccc(S(=O)(=O)N2CCC[C@@H](C(=O)N3c4ccccc4C[C@H]3C)C2)cc1Cl. The Bertz CT molecular complexity index is 1070. The summed E-state index contributed by atoms with van der Waals surface area (Å²) in [5.41, 5.74) is 2.10. The quantitative estimate of drug-likeness (QED) is 0.714. The van der Waals surface area contributed by atoms with Crippen molar-refractivity contribution in [3.8, 4) is 5.75 Å². The first-order valence-electron chi connectivity index (χ1n) is 10.1. The molecular weight excluding hydrogens is 424 g/mol. The third kappa shape index (κ3) is 3.70. The number of nitrogens with zero attached hydrogens (tertiary/aromatic N) is 2. The number of fused-ring (bicyclic) bond motifs is 1. The molecule has 6 nitrogen and oxygen atoms in total. The third-order valence-corrected chi connectivity index (χ3v) is 8.10. The van der Waals surface area contributed by atoms with Gasteiger partial charge in [0.1, 0.15) is 5.75 Å². The molecule has 30 heavy (non-hydrogen) atoms. The Morgan fingerprint density at radius 2 is 1.97 bits per heavy atom. The van der Waals surface area contributed by atoms with Crippen LogP contribution in [-0.4, -0.2) is 44.9 Å². The molecule has 2 aliphatic rings. The number of methoxy groups -OCH3 is 1. The molecule has 0 aliphatic carbocycles. The molecule has 4 rings (SSSR count). The molecule has 0 spiro atoms. The highest BCUT2D eigenvalue weighted by atomic mass is 35.5. The molecule has 0 saturated carbocycles.